The van der Waals surface area contributed by atoms with Gasteiger partial charge in [-0.25, -0.2) is 0 Å². The van der Waals surface area contributed by atoms with Gasteiger partial charge in [0.25, 0.3) is 11.6 Å². The van der Waals surface area contributed by atoms with Crippen molar-refractivity contribution in [2.75, 3.05) is 18.4 Å². The quantitative estimate of drug-likeness (QED) is 0.400. The number of anilines is 1. The third-order valence-electron chi connectivity index (χ3n) is 3.41. The van der Waals surface area contributed by atoms with Gasteiger partial charge in [0, 0.05) is 24.2 Å². The molecule has 2 aromatic rings. The Hall–Kier alpha value is -2.51. The summed E-state index contributed by atoms with van der Waals surface area (Å²) in [4.78, 5) is 22.5. The molecular formula is C17H17Cl2N3O4. The van der Waals surface area contributed by atoms with Crippen molar-refractivity contribution in [3.05, 3.63) is 62.6 Å². The van der Waals surface area contributed by atoms with Crippen LogP contribution >= 0.6 is 23.2 Å². The number of ether oxygens (including phenoxy) is 1. The van der Waals surface area contributed by atoms with Gasteiger partial charge in [-0.3, -0.25) is 14.9 Å². The SMILES string of the molecule is CC(Oc1ccc(Cl)cc1Cl)C(=O)NCCNc1ccccc1[N+](=O)[O-]. The Morgan fingerprint density at radius 2 is 1.96 bits per heavy atom. The standard InChI is InChI=1S/C17H17Cl2N3O4/c1-11(26-16-7-6-12(18)10-13(16)19)17(23)21-9-8-20-14-4-2-3-5-15(14)22(24)25/h2-7,10-11,20H,8-9H2,1H3,(H,21,23). The zero-order valence-electron chi connectivity index (χ0n) is 13.9. The summed E-state index contributed by atoms with van der Waals surface area (Å²) in [6, 6.07) is 11.0. The monoisotopic (exact) mass is 397 g/mol. The van der Waals surface area contributed by atoms with Gasteiger partial charge in [-0.1, -0.05) is 35.3 Å². The van der Waals surface area contributed by atoms with Crippen molar-refractivity contribution < 1.29 is 14.5 Å². The number of halogens is 2. The molecule has 0 aliphatic rings. The van der Waals surface area contributed by atoms with E-state index in [2.05, 4.69) is 10.6 Å². The second kappa shape index (κ2) is 9.26. The number of nitro groups is 1. The van der Waals surface area contributed by atoms with Gasteiger partial charge < -0.3 is 15.4 Å². The Balaban J connectivity index is 1.80. The molecule has 2 aromatic carbocycles. The maximum atomic E-state index is 12.1. The predicted molar refractivity (Wildman–Crippen MR) is 101 cm³/mol. The van der Waals surface area contributed by atoms with Crippen LogP contribution in [0.4, 0.5) is 11.4 Å². The predicted octanol–water partition coefficient (Wildman–Crippen LogP) is 3.90. The zero-order valence-corrected chi connectivity index (χ0v) is 15.4. The van der Waals surface area contributed by atoms with Crippen LogP contribution in [0.15, 0.2) is 42.5 Å². The number of nitrogens with one attached hydrogen (secondary N) is 2. The second-order valence-electron chi connectivity index (χ2n) is 5.33. The zero-order chi connectivity index (χ0) is 19.1. The number of para-hydroxylation sites is 2. The van der Waals surface area contributed by atoms with Crippen molar-refractivity contribution in [2.45, 2.75) is 13.0 Å². The topological polar surface area (TPSA) is 93.5 Å². The van der Waals surface area contributed by atoms with E-state index in [9.17, 15) is 14.9 Å². The van der Waals surface area contributed by atoms with E-state index in [1.807, 2.05) is 0 Å². The van der Waals surface area contributed by atoms with Crippen LogP contribution in [0, 0.1) is 10.1 Å². The molecule has 1 amide bonds. The average Bonchev–Trinajstić information content (AvgIpc) is 2.61. The van der Waals surface area contributed by atoms with E-state index in [1.165, 1.54) is 12.1 Å². The highest BCUT2D eigenvalue weighted by Crippen LogP contribution is 2.28. The maximum absolute atomic E-state index is 12.1. The van der Waals surface area contributed by atoms with E-state index in [4.69, 9.17) is 27.9 Å². The second-order valence-corrected chi connectivity index (χ2v) is 6.17. The van der Waals surface area contributed by atoms with Crippen LogP contribution in [0.1, 0.15) is 6.92 Å². The van der Waals surface area contributed by atoms with E-state index in [0.717, 1.165) is 0 Å². The number of hydrogen-bond acceptors (Lipinski definition) is 5. The molecule has 0 radical (unpaired) electrons. The van der Waals surface area contributed by atoms with E-state index >= 15 is 0 Å². The minimum Gasteiger partial charge on any atom is -0.479 e. The van der Waals surface area contributed by atoms with Gasteiger partial charge in [-0.05, 0) is 31.2 Å². The number of nitro benzene ring substituents is 1. The molecule has 0 fully saturated rings. The Kier molecular flexibility index (Phi) is 7.06. The first-order chi connectivity index (χ1) is 12.4. The van der Waals surface area contributed by atoms with Crippen LogP contribution in [0.2, 0.25) is 10.0 Å². The van der Waals surface area contributed by atoms with E-state index < -0.39 is 11.0 Å². The van der Waals surface area contributed by atoms with Gasteiger partial charge in [0.1, 0.15) is 11.4 Å². The van der Waals surface area contributed by atoms with Gasteiger partial charge in [-0.2, -0.15) is 0 Å². The highest BCUT2D eigenvalue weighted by Gasteiger charge is 2.16. The Bertz CT molecular complexity index is 801. The molecule has 2 N–H and O–H groups in total. The fourth-order valence-electron chi connectivity index (χ4n) is 2.12. The first kappa shape index (κ1) is 19.8. The summed E-state index contributed by atoms with van der Waals surface area (Å²) < 4.78 is 5.52. The summed E-state index contributed by atoms with van der Waals surface area (Å²) in [6.45, 7) is 2.19. The lowest BCUT2D eigenvalue weighted by Crippen LogP contribution is -2.38. The first-order valence-corrected chi connectivity index (χ1v) is 8.51. The summed E-state index contributed by atoms with van der Waals surface area (Å²) in [7, 11) is 0. The minimum absolute atomic E-state index is 0.0205. The fraction of sp³-hybridized carbons (Fsp3) is 0.235. The van der Waals surface area contributed by atoms with Crippen molar-refractivity contribution in [1.29, 1.82) is 0 Å². The normalized spacial score (nSPS) is 11.5. The molecule has 1 atom stereocenters. The smallest absolute Gasteiger partial charge is 0.292 e. The number of hydrogen-bond donors (Lipinski definition) is 2. The summed E-state index contributed by atoms with van der Waals surface area (Å²) >= 11 is 11.8. The van der Waals surface area contributed by atoms with E-state index in [1.54, 1.807) is 37.3 Å². The fourth-order valence-corrected chi connectivity index (χ4v) is 2.58. The molecule has 2 rings (SSSR count). The molecule has 138 valence electrons. The van der Waals surface area contributed by atoms with Crippen LogP contribution in [0.25, 0.3) is 0 Å². The maximum Gasteiger partial charge on any atom is 0.292 e. The molecular weight excluding hydrogens is 381 g/mol. The highest BCUT2D eigenvalue weighted by molar-refractivity contribution is 6.35. The van der Waals surface area contributed by atoms with Gasteiger partial charge in [-0.15, -0.1) is 0 Å². The number of benzene rings is 2. The van der Waals surface area contributed by atoms with Gasteiger partial charge >= 0.3 is 0 Å². The van der Waals surface area contributed by atoms with Crippen LogP contribution in [0.5, 0.6) is 5.75 Å². The molecule has 0 saturated carbocycles. The van der Waals surface area contributed by atoms with Crippen LogP contribution < -0.4 is 15.4 Å². The summed E-state index contributed by atoms with van der Waals surface area (Å²) in [5.74, 6) is 0.0251. The van der Waals surface area contributed by atoms with Crippen molar-refractivity contribution in [2.24, 2.45) is 0 Å². The lowest BCUT2D eigenvalue weighted by atomic mass is 10.2. The molecule has 1 unspecified atom stereocenters. The number of rotatable bonds is 8. The van der Waals surface area contributed by atoms with Crippen LogP contribution in [-0.2, 0) is 4.79 Å². The summed E-state index contributed by atoms with van der Waals surface area (Å²) in [5.41, 5.74) is 0.372. The molecule has 0 aliphatic heterocycles. The average molecular weight is 398 g/mol. The number of nitrogens with zero attached hydrogens (tertiary/aromatic N) is 1. The van der Waals surface area contributed by atoms with Gasteiger partial charge in [0.15, 0.2) is 6.10 Å². The third kappa shape index (κ3) is 5.50. The van der Waals surface area contributed by atoms with E-state index in [0.29, 0.717) is 28.0 Å². The third-order valence-corrected chi connectivity index (χ3v) is 3.94. The molecule has 0 aromatic heterocycles. The summed E-state index contributed by atoms with van der Waals surface area (Å²) in [6.07, 6.45) is -0.764. The van der Waals surface area contributed by atoms with Gasteiger partial charge in [0.05, 0.1) is 9.95 Å². The highest BCUT2D eigenvalue weighted by atomic mass is 35.5. The first-order valence-electron chi connectivity index (χ1n) is 7.75. The van der Waals surface area contributed by atoms with Crippen molar-refractivity contribution in [1.82, 2.24) is 5.32 Å². The van der Waals surface area contributed by atoms with E-state index in [-0.39, 0.29) is 18.1 Å². The van der Waals surface area contributed by atoms with Crippen molar-refractivity contribution in [3.63, 3.8) is 0 Å². The molecule has 7 nitrogen and oxygen atoms in total. The molecule has 0 heterocycles. The van der Waals surface area contributed by atoms with Crippen LogP contribution in [0.3, 0.4) is 0 Å². The molecule has 0 aliphatic carbocycles. The molecule has 0 bridgehead atoms. The number of amides is 1. The largest absolute Gasteiger partial charge is 0.479 e. The Morgan fingerprint density at radius 3 is 2.65 bits per heavy atom. The van der Waals surface area contributed by atoms with Crippen LogP contribution in [-0.4, -0.2) is 30.0 Å². The van der Waals surface area contributed by atoms with Crippen molar-refractivity contribution >= 4 is 40.5 Å². The molecule has 0 saturated heterocycles. The summed E-state index contributed by atoms with van der Waals surface area (Å²) in [5, 5.41) is 17.3. The number of carbonyl (C=O) groups is 1. The Morgan fingerprint density at radius 1 is 1.23 bits per heavy atom. The van der Waals surface area contributed by atoms with Crippen molar-refractivity contribution in [3.8, 4) is 5.75 Å². The Labute approximate surface area is 160 Å². The molecule has 9 heteroatoms. The van der Waals surface area contributed by atoms with Gasteiger partial charge in [0.2, 0.25) is 0 Å². The molecule has 26 heavy (non-hydrogen) atoms. The minimum atomic E-state index is -0.764. The lowest BCUT2D eigenvalue weighted by molar-refractivity contribution is -0.384. The number of carbonyl (C=O) groups excluding carboxylic acids is 1. The molecule has 0 spiro atoms. The lowest BCUT2D eigenvalue weighted by Gasteiger charge is -2.16.